The van der Waals surface area contributed by atoms with E-state index in [0.717, 1.165) is 12.7 Å². The maximum absolute atomic E-state index is 11.0. The lowest BCUT2D eigenvalue weighted by Crippen LogP contribution is -2.46. The third-order valence-corrected chi connectivity index (χ3v) is 8.84. The molecule has 1 fully saturated rings. The van der Waals surface area contributed by atoms with Crippen LogP contribution in [0, 0.1) is 5.92 Å². The van der Waals surface area contributed by atoms with Crippen molar-refractivity contribution in [1.29, 1.82) is 0 Å². The summed E-state index contributed by atoms with van der Waals surface area (Å²) in [5.41, 5.74) is 0. The predicted octanol–water partition coefficient (Wildman–Crippen LogP) is 2.97. The lowest BCUT2D eigenvalue weighted by molar-refractivity contribution is -0.163. The van der Waals surface area contributed by atoms with E-state index < -0.39 is 14.4 Å². The predicted molar refractivity (Wildman–Crippen MR) is 77.6 cm³/mol. The summed E-state index contributed by atoms with van der Waals surface area (Å²) in [6.45, 7) is 13.9. The van der Waals surface area contributed by atoms with Crippen molar-refractivity contribution in [1.82, 2.24) is 0 Å². The molecule has 1 aliphatic rings. The Labute approximate surface area is 117 Å². The molecule has 1 rings (SSSR count). The van der Waals surface area contributed by atoms with Gasteiger partial charge in [0.1, 0.15) is 12.9 Å². The number of carbonyl (C=O) groups is 1. The summed E-state index contributed by atoms with van der Waals surface area (Å²) in [4.78, 5) is 11.0. The fourth-order valence-corrected chi connectivity index (χ4v) is 2.62. The molecule has 1 aliphatic heterocycles. The smallest absolute Gasteiger partial charge is 0.195 e. The molecule has 0 unspecified atom stereocenters. The molecule has 0 N–H and O–H groups in total. The van der Waals surface area contributed by atoms with E-state index in [1.54, 1.807) is 0 Å². The van der Waals surface area contributed by atoms with Crippen molar-refractivity contribution < 1.29 is 18.7 Å². The highest BCUT2D eigenvalue weighted by Gasteiger charge is 2.38. The zero-order valence-corrected chi connectivity index (χ0v) is 14.1. The summed E-state index contributed by atoms with van der Waals surface area (Å²) >= 11 is 0. The van der Waals surface area contributed by atoms with Crippen molar-refractivity contribution in [2.75, 3.05) is 13.4 Å². The normalized spacial score (nSPS) is 29.3. The Kier molecular flexibility index (Phi) is 5.74. The first kappa shape index (κ1) is 16.8. The summed E-state index contributed by atoms with van der Waals surface area (Å²) in [6.07, 6.45) is 1.13. The van der Waals surface area contributed by atoms with Crippen LogP contribution in [0.1, 0.15) is 34.1 Å². The molecule has 3 atom stereocenters. The Morgan fingerprint density at radius 2 is 2.00 bits per heavy atom. The van der Waals surface area contributed by atoms with Crippen LogP contribution in [0.4, 0.5) is 0 Å². The highest BCUT2D eigenvalue weighted by Crippen LogP contribution is 2.36. The highest BCUT2D eigenvalue weighted by atomic mass is 28.4. The number of aldehydes is 1. The van der Waals surface area contributed by atoms with Crippen molar-refractivity contribution in [3.8, 4) is 0 Å². The van der Waals surface area contributed by atoms with Gasteiger partial charge in [-0.05, 0) is 30.5 Å². The van der Waals surface area contributed by atoms with E-state index in [4.69, 9.17) is 13.9 Å². The van der Waals surface area contributed by atoms with Crippen LogP contribution >= 0.6 is 0 Å². The summed E-state index contributed by atoms with van der Waals surface area (Å²) in [6, 6.07) is 0. The second-order valence-corrected chi connectivity index (χ2v) is 11.7. The van der Waals surface area contributed by atoms with Gasteiger partial charge in [-0.3, -0.25) is 0 Å². The van der Waals surface area contributed by atoms with Crippen LogP contribution in [0.5, 0.6) is 0 Å². The fourth-order valence-electron chi connectivity index (χ4n) is 1.83. The quantitative estimate of drug-likeness (QED) is 0.443. The molecule has 0 radical (unpaired) electrons. The Hall–Kier alpha value is -0.233. The van der Waals surface area contributed by atoms with Crippen molar-refractivity contribution in [3.05, 3.63) is 0 Å². The second-order valence-electron chi connectivity index (χ2n) is 6.89. The lowest BCUT2D eigenvalue weighted by Gasteiger charge is -2.38. The molecular weight excluding hydrogens is 260 g/mol. The Morgan fingerprint density at radius 3 is 2.53 bits per heavy atom. The zero-order valence-electron chi connectivity index (χ0n) is 13.1. The average molecular weight is 288 g/mol. The summed E-state index contributed by atoms with van der Waals surface area (Å²) < 4.78 is 17.2. The van der Waals surface area contributed by atoms with E-state index in [9.17, 15) is 4.79 Å². The number of rotatable bonds is 5. The SMILES string of the molecule is C[C@H]1CCO[C@@H](C=O)[C@@H]1OCO[Si](C)(C)C(C)(C)C. The second kappa shape index (κ2) is 6.48. The van der Waals surface area contributed by atoms with Gasteiger partial charge in [-0.15, -0.1) is 0 Å². The zero-order chi connectivity index (χ0) is 14.7. The Balaban J connectivity index is 2.49. The molecule has 1 heterocycles. The van der Waals surface area contributed by atoms with Gasteiger partial charge in [0, 0.05) is 6.61 Å². The van der Waals surface area contributed by atoms with Gasteiger partial charge in [-0.1, -0.05) is 27.7 Å². The van der Waals surface area contributed by atoms with Gasteiger partial charge in [0.2, 0.25) is 0 Å². The van der Waals surface area contributed by atoms with E-state index in [1.165, 1.54) is 0 Å². The van der Waals surface area contributed by atoms with Crippen LogP contribution in [-0.2, 0) is 18.7 Å². The maximum Gasteiger partial charge on any atom is 0.195 e. The van der Waals surface area contributed by atoms with Gasteiger partial charge in [0.15, 0.2) is 14.6 Å². The van der Waals surface area contributed by atoms with Crippen LogP contribution in [0.15, 0.2) is 0 Å². The van der Waals surface area contributed by atoms with Crippen molar-refractivity contribution >= 4 is 14.6 Å². The molecule has 0 spiro atoms. The molecule has 1 saturated heterocycles. The van der Waals surface area contributed by atoms with E-state index in [2.05, 4.69) is 40.8 Å². The molecule has 0 aliphatic carbocycles. The minimum atomic E-state index is -1.80. The van der Waals surface area contributed by atoms with Gasteiger partial charge >= 0.3 is 0 Å². The molecule has 0 aromatic rings. The van der Waals surface area contributed by atoms with Gasteiger partial charge in [0.05, 0.1) is 6.10 Å². The standard InChI is InChI=1S/C14H28O4Si/c1-11-7-8-16-12(9-15)13(11)17-10-18-19(5,6)14(2,3)4/h9,11-13H,7-8,10H2,1-6H3/t11-,12-,13+/m0/s1. The third-order valence-electron chi connectivity index (χ3n) is 4.39. The number of hydrogen-bond acceptors (Lipinski definition) is 4. The molecule has 19 heavy (non-hydrogen) atoms. The Bertz CT molecular complexity index is 298. The Morgan fingerprint density at radius 1 is 1.37 bits per heavy atom. The summed E-state index contributed by atoms with van der Waals surface area (Å²) in [5.74, 6) is 0.326. The first-order valence-electron chi connectivity index (χ1n) is 7.01. The molecule has 112 valence electrons. The van der Waals surface area contributed by atoms with Crippen molar-refractivity contribution in [2.24, 2.45) is 5.92 Å². The molecule has 4 nitrogen and oxygen atoms in total. The minimum Gasteiger partial charge on any atom is -0.395 e. The molecule has 0 aromatic carbocycles. The van der Waals surface area contributed by atoms with Crippen LogP contribution < -0.4 is 0 Å². The van der Waals surface area contributed by atoms with Crippen LogP contribution in [0.25, 0.3) is 0 Å². The molecule has 0 saturated carbocycles. The largest absolute Gasteiger partial charge is 0.395 e. The van der Waals surface area contributed by atoms with Crippen LogP contribution in [-0.4, -0.2) is 40.2 Å². The fraction of sp³-hybridized carbons (Fsp3) is 0.929. The van der Waals surface area contributed by atoms with E-state index in [0.29, 0.717) is 12.5 Å². The lowest BCUT2D eigenvalue weighted by atomic mass is 9.94. The number of hydrogen-bond donors (Lipinski definition) is 0. The molecule has 5 heteroatoms. The van der Waals surface area contributed by atoms with Crippen molar-refractivity contribution in [2.45, 2.75) is 64.5 Å². The summed E-state index contributed by atoms with van der Waals surface area (Å²) in [7, 11) is -1.80. The summed E-state index contributed by atoms with van der Waals surface area (Å²) in [5, 5.41) is 0.162. The van der Waals surface area contributed by atoms with Gasteiger partial charge in [-0.25, -0.2) is 0 Å². The molecule has 0 aromatic heterocycles. The monoisotopic (exact) mass is 288 g/mol. The van der Waals surface area contributed by atoms with Gasteiger partial charge in [-0.2, -0.15) is 0 Å². The molecular formula is C14H28O4Si. The van der Waals surface area contributed by atoms with Gasteiger partial charge < -0.3 is 18.7 Å². The molecule has 0 bridgehead atoms. The first-order chi connectivity index (χ1) is 8.69. The topological polar surface area (TPSA) is 44.8 Å². The average Bonchev–Trinajstić information content (AvgIpc) is 2.29. The van der Waals surface area contributed by atoms with E-state index in [1.807, 2.05) is 0 Å². The third kappa shape index (κ3) is 4.38. The number of ether oxygens (including phenoxy) is 2. The number of carbonyl (C=O) groups excluding carboxylic acids is 1. The van der Waals surface area contributed by atoms with E-state index in [-0.39, 0.29) is 17.9 Å². The van der Waals surface area contributed by atoms with Crippen molar-refractivity contribution in [3.63, 3.8) is 0 Å². The van der Waals surface area contributed by atoms with Crippen LogP contribution in [0.2, 0.25) is 18.1 Å². The van der Waals surface area contributed by atoms with Gasteiger partial charge in [0.25, 0.3) is 0 Å². The first-order valence-corrected chi connectivity index (χ1v) is 9.92. The van der Waals surface area contributed by atoms with Crippen LogP contribution in [0.3, 0.4) is 0 Å². The highest BCUT2D eigenvalue weighted by molar-refractivity contribution is 6.74. The van der Waals surface area contributed by atoms with E-state index >= 15 is 0 Å². The maximum atomic E-state index is 11.0. The molecule has 0 amide bonds. The minimum absolute atomic E-state index is 0.162.